The molecule has 1 unspecified atom stereocenters. The summed E-state index contributed by atoms with van der Waals surface area (Å²) in [4.78, 5) is 33.8. The van der Waals surface area contributed by atoms with Crippen molar-refractivity contribution in [2.24, 2.45) is 0 Å². The van der Waals surface area contributed by atoms with Crippen LogP contribution in [0.1, 0.15) is 44.3 Å². The summed E-state index contributed by atoms with van der Waals surface area (Å²) in [7, 11) is 3.00. The van der Waals surface area contributed by atoms with E-state index < -0.39 is 5.91 Å². The van der Waals surface area contributed by atoms with Crippen LogP contribution in [0.15, 0.2) is 48.7 Å². The molecule has 3 aromatic rings. The van der Waals surface area contributed by atoms with Crippen molar-refractivity contribution in [3.05, 3.63) is 76.9 Å². The molecule has 1 atom stereocenters. The maximum atomic E-state index is 13.2. The number of amides is 1. The first-order chi connectivity index (χ1) is 15.0. The SMILES string of the molecule is COc1cc(OC)cc(C(=O)Nc2ncc3c(n2)CC(c2ccc(F)cc2)CC3=O)c1. The Morgan fingerprint density at radius 3 is 2.39 bits per heavy atom. The molecule has 0 spiro atoms. The van der Waals surface area contributed by atoms with Gasteiger partial charge in [-0.05, 0) is 42.2 Å². The number of ether oxygens (including phenoxy) is 2. The molecule has 1 aliphatic carbocycles. The molecule has 7 nitrogen and oxygen atoms in total. The van der Waals surface area contributed by atoms with Crippen molar-refractivity contribution in [2.45, 2.75) is 18.8 Å². The van der Waals surface area contributed by atoms with Crippen molar-refractivity contribution in [1.82, 2.24) is 9.97 Å². The molecular formula is C23H20FN3O4. The minimum absolute atomic E-state index is 0.0778. The van der Waals surface area contributed by atoms with Gasteiger partial charge in [-0.3, -0.25) is 14.9 Å². The van der Waals surface area contributed by atoms with Gasteiger partial charge in [-0.2, -0.15) is 0 Å². The first-order valence-corrected chi connectivity index (χ1v) is 9.66. The molecule has 2 aromatic carbocycles. The van der Waals surface area contributed by atoms with Gasteiger partial charge < -0.3 is 9.47 Å². The van der Waals surface area contributed by atoms with Gasteiger partial charge in [0.15, 0.2) is 5.78 Å². The maximum absolute atomic E-state index is 13.2. The average molecular weight is 421 g/mol. The second-order valence-corrected chi connectivity index (χ2v) is 7.19. The zero-order chi connectivity index (χ0) is 22.0. The van der Waals surface area contributed by atoms with E-state index in [-0.39, 0.29) is 23.5 Å². The van der Waals surface area contributed by atoms with E-state index in [9.17, 15) is 14.0 Å². The largest absolute Gasteiger partial charge is 0.497 e. The summed E-state index contributed by atoms with van der Waals surface area (Å²) < 4.78 is 23.6. The fourth-order valence-electron chi connectivity index (χ4n) is 3.59. The minimum Gasteiger partial charge on any atom is -0.497 e. The Morgan fingerprint density at radius 1 is 1.06 bits per heavy atom. The number of aromatic nitrogens is 2. The Morgan fingerprint density at radius 2 is 1.74 bits per heavy atom. The van der Waals surface area contributed by atoms with Gasteiger partial charge in [0.1, 0.15) is 17.3 Å². The van der Waals surface area contributed by atoms with Crippen LogP contribution in [0.4, 0.5) is 10.3 Å². The summed E-state index contributed by atoms with van der Waals surface area (Å²) in [6, 6.07) is 10.9. The highest BCUT2D eigenvalue weighted by atomic mass is 19.1. The van der Waals surface area contributed by atoms with Crippen LogP contribution in [0, 0.1) is 5.82 Å². The second kappa shape index (κ2) is 8.51. The van der Waals surface area contributed by atoms with Crippen LogP contribution in [0.5, 0.6) is 11.5 Å². The number of hydrogen-bond donors (Lipinski definition) is 1. The van der Waals surface area contributed by atoms with Gasteiger partial charge in [-0.1, -0.05) is 12.1 Å². The van der Waals surface area contributed by atoms with Crippen LogP contribution < -0.4 is 14.8 Å². The Balaban J connectivity index is 1.57. The number of halogens is 1. The van der Waals surface area contributed by atoms with Crippen molar-refractivity contribution in [2.75, 3.05) is 19.5 Å². The normalized spacial score (nSPS) is 15.2. The van der Waals surface area contributed by atoms with E-state index in [0.29, 0.717) is 41.2 Å². The molecule has 0 bridgehead atoms. The summed E-state index contributed by atoms with van der Waals surface area (Å²) in [5.41, 5.74) is 2.18. The van der Waals surface area contributed by atoms with Crippen LogP contribution in [-0.4, -0.2) is 35.9 Å². The summed E-state index contributed by atoms with van der Waals surface area (Å²) in [5.74, 6) is 0.0973. The number of rotatable bonds is 5. The van der Waals surface area contributed by atoms with E-state index in [1.165, 1.54) is 32.5 Å². The molecular weight excluding hydrogens is 401 g/mol. The van der Waals surface area contributed by atoms with Crippen molar-refractivity contribution in [3.63, 3.8) is 0 Å². The highest BCUT2D eigenvalue weighted by Crippen LogP contribution is 2.32. The summed E-state index contributed by atoms with van der Waals surface area (Å²) in [6.45, 7) is 0. The lowest BCUT2D eigenvalue weighted by Gasteiger charge is -2.23. The van der Waals surface area contributed by atoms with E-state index in [4.69, 9.17) is 9.47 Å². The Labute approximate surface area is 178 Å². The second-order valence-electron chi connectivity index (χ2n) is 7.19. The highest BCUT2D eigenvalue weighted by Gasteiger charge is 2.28. The number of carbonyl (C=O) groups is 2. The lowest BCUT2D eigenvalue weighted by molar-refractivity contribution is 0.0962. The lowest BCUT2D eigenvalue weighted by Crippen LogP contribution is -2.22. The number of hydrogen-bond acceptors (Lipinski definition) is 6. The molecule has 0 radical (unpaired) electrons. The van der Waals surface area contributed by atoms with E-state index in [0.717, 1.165) is 5.56 Å². The Hall–Kier alpha value is -3.81. The summed E-state index contributed by atoms with van der Waals surface area (Å²) in [5, 5.41) is 2.65. The molecule has 1 aromatic heterocycles. The van der Waals surface area contributed by atoms with Gasteiger partial charge >= 0.3 is 0 Å². The quantitative estimate of drug-likeness (QED) is 0.674. The number of Topliss-reactive ketones (excluding diaryl/α,β-unsaturated/α-hetero) is 1. The predicted octanol–water partition coefficient (Wildman–Crippen LogP) is 3.80. The van der Waals surface area contributed by atoms with Crippen LogP contribution in [0.2, 0.25) is 0 Å². The number of nitrogens with zero attached hydrogens (tertiary/aromatic N) is 2. The first-order valence-electron chi connectivity index (χ1n) is 9.66. The van der Waals surface area contributed by atoms with E-state index in [1.807, 2.05) is 0 Å². The number of carbonyl (C=O) groups excluding carboxylic acids is 2. The fraction of sp³-hybridized carbons (Fsp3) is 0.217. The van der Waals surface area contributed by atoms with Crippen molar-refractivity contribution < 1.29 is 23.5 Å². The van der Waals surface area contributed by atoms with Crippen molar-refractivity contribution in [3.8, 4) is 11.5 Å². The predicted molar refractivity (Wildman–Crippen MR) is 111 cm³/mol. The molecule has 31 heavy (non-hydrogen) atoms. The third-order valence-electron chi connectivity index (χ3n) is 5.22. The topological polar surface area (TPSA) is 90.4 Å². The average Bonchev–Trinajstić information content (AvgIpc) is 2.78. The smallest absolute Gasteiger partial charge is 0.258 e. The standard InChI is InChI=1S/C23H20FN3O4/c1-30-17-7-15(8-18(11-17)31-2)22(29)27-23-25-12-19-20(26-23)9-14(10-21(19)28)13-3-5-16(24)6-4-13/h3-8,11-12,14H,9-10H2,1-2H3,(H,25,26,27,29). The fourth-order valence-corrected chi connectivity index (χ4v) is 3.59. The number of benzene rings is 2. The molecule has 1 amide bonds. The summed E-state index contributed by atoms with van der Waals surface area (Å²) >= 11 is 0. The number of methoxy groups -OCH3 is 2. The number of ketones is 1. The van der Waals surface area contributed by atoms with Gasteiger partial charge in [0.2, 0.25) is 5.95 Å². The van der Waals surface area contributed by atoms with Gasteiger partial charge in [0, 0.05) is 24.2 Å². The molecule has 8 heteroatoms. The number of nitrogens with one attached hydrogen (secondary N) is 1. The van der Waals surface area contributed by atoms with E-state index >= 15 is 0 Å². The van der Waals surface area contributed by atoms with Crippen LogP contribution in [0.25, 0.3) is 0 Å². The zero-order valence-corrected chi connectivity index (χ0v) is 17.0. The first kappa shape index (κ1) is 20.5. The molecule has 0 aliphatic heterocycles. The number of fused-ring (bicyclic) bond motifs is 1. The molecule has 0 saturated carbocycles. The molecule has 158 valence electrons. The molecule has 1 heterocycles. The summed E-state index contributed by atoms with van der Waals surface area (Å²) in [6.07, 6.45) is 2.23. The van der Waals surface area contributed by atoms with Gasteiger partial charge in [-0.25, -0.2) is 14.4 Å². The Kier molecular flexibility index (Phi) is 5.62. The van der Waals surface area contributed by atoms with Gasteiger partial charge in [0.05, 0.1) is 25.5 Å². The van der Waals surface area contributed by atoms with E-state index in [2.05, 4.69) is 15.3 Å². The Bertz CT molecular complexity index is 1130. The maximum Gasteiger partial charge on any atom is 0.258 e. The third kappa shape index (κ3) is 4.37. The van der Waals surface area contributed by atoms with Crippen LogP contribution in [0.3, 0.4) is 0 Å². The zero-order valence-electron chi connectivity index (χ0n) is 17.0. The van der Waals surface area contributed by atoms with Crippen molar-refractivity contribution in [1.29, 1.82) is 0 Å². The lowest BCUT2D eigenvalue weighted by atomic mass is 9.82. The third-order valence-corrected chi connectivity index (χ3v) is 5.22. The minimum atomic E-state index is -0.436. The van der Waals surface area contributed by atoms with Crippen molar-refractivity contribution >= 4 is 17.6 Å². The van der Waals surface area contributed by atoms with E-state index in [1.54, 1.807) is 30.3 Å². The van der Waals surface area contributed by atoms with Gasteiger partial charge in [-0.15, -0.1) is 0 Å². The number of anilines is 1. The van der Waals surface area contributed by atoms with Crippen LogP contribution in [-0.2, 0) is 6.42 Å². The molecule has 0 fully saturated rings. The molecule has 4 rings (SSSR count). The van der Waals surface area contributed by atoms with Crippen LogP contribution >= 0.6 is 0 Å². The van der Waals surface area contributed by atoms with Gasteiger partial charge in [0.25, 0.3) is 5.91 Å². The monoisotopic (exact) mass is 421 g/mol. The highest BCUT2D eigenvalue weighted by molar-refractivity contribution is 6.04. The molecule has 0 saturated heterocycles. The molecule has 1 N–H and O–H groups in total. The molecule has 1 aliphatic rings.